The number of nitriles is 1. The third-order valence-corrected chi connectivity index (χ3v) is 3.42. The number of alkyl halides is 3. The van der Waals surface area contributed by atoms with E-state index in [4.69, 9.17) is 5.26 Å². The van der Waals surface area contributed by atoms with Crippen LogP contribution in [0.5, 0.6) is 0 Å². The molecule has 1 aromatic carbocycles. The van der Waals surface area contributed by atoms with Crippen molar-refractivity contribution >= 4 is 0 Å². The van der Waals surface area contributed by atoms with Gasteiger partial charge in [0.05, 0.1) is 11.6 Å². The molecule has 1 heterocycles. The molecule has 20 heavy (non-hydrogen) atoms. The summed E-state index contributed by atoms with van der Waals surface area (Å²) >= 11 is 0. The first kappa shape index (κ1) is 14.6. The zero-order valence-corrected chi connectivity index (χ0v) is 10.9. The molecule has 0 fully saturated rings. The van der Waals surface area contributed by atoms with Gasteiger partial charge < -0.3 is 0 Å². The Balaban J connectivity index is 2.24. The van der Waals surface area contributed by atoms with Crippen LogP contribution < -0.4 is 0 Å². The third-order valence-electron chi connectivity index (χ3n) is 3.42. The van der Waals surface area contributed by atoms with Crippen LogP contribution in [0.1, 0.15) is 30.0 Å². The summed E-state index contributed by atoms with van der Waals surface area (Å²) < 4.78 is 38.3. The highest BCUT2D eigenvalue weighted by molar-refractivity contribution is 5.29. The van der Waals surface area contributed by atoms with Crippen LogP contribution in [0.2, 0.25) is 0 Å². The van der Waals surface area contributed by atoms with Crippen LogP contribution >= 0.6 is 0 Å². The van der Waals surface area contributed by atoms with Crippen LogP contribution in [0.4, 0.5) is 13.2 Å². The minimum Gasteiger partial charge on any atom is -0.291 e. The van der Waals surface area contributed by atoms with Crippen molar-refractivity contribution in [3.8, 4) is 6.07 Å². The molecule has 1 aliphatic rings. The Morgan fingerprint density at radius 3 is 2.80 bits per heavy atom. The lowest BCUT2D eigenvalue weighted by atomic mass is 9.97. The lowest BCUT2D eigenvalue weighted by Crippen LogP contribution is -2.32. The highest BCUT2D eigenvalue weighted by atomic mass is 19.4. The maximum Gasteiger partial charge on any atom is 0.416 e. The summed E-state index contributed by atoms with van der Waals surface area (Å²) in [5.74, 6) is 0. The number of hydrogen-bond acceptors (Lipinski definition) is 2. The van der Waals surface area contributed by atoms with Crippen molar-refractivity contribution in [2.75, 3.05) is 13.1 Å². The molecule has 0 saturated carbocycles. The normalized spacial score (nSPS) is 19.8. The Morgan fingerprint density at radius 1 is 1.30 bits per heavy atom. The molecule has 0 radical (unpaired) electrons. The second-order valence-corrected chi connectivity index (χ2v) is 4.75. The topological polar surface area (TPSA) is 27.0 Å². The van der Waals surface area contributed by atoms with Crippen LogP contribution in [-0.4, -0.2) is 18.0 Å². The summed E-state index contributed by atoms with van der Waals surface area (Å²) in [6.45, 7) is 1.24. The fraction of sp³-hybridized carbons (Fsp3) is 0.400. The van der Waals surface area contributed by atoms with Crippen molar-refractivity contribution in [3.63, 3.8) is 0 Å². The van der Waals surface area contributed by atoms with Crippen molar-refractivity contribution in [1.29, 1.82) is 5.26 Å². The van der Waals surface area contributed by atoms with Crippen LogP contribution in [0.15, 0.2) is 36.4 Å². The van der Waals surface area contributed by atoms with Crippen molar-refractivity contribution in [1.82, 2.24) is 4.90 Å². The summed E-state index contributed by atoms with van der Waals surface area (Å²) in [6, 6.07) is 7.45. The number of benzene rings is 1. The number of nitrogens with zero attached hydrogens (tertiary/aromatic N) is 2. The van der Waals surface area contributed by atoms with Crippen molar-refractivity contribution in [2.45, 2.75) is 25.1 Å². The van der Waals surface area contributed by atoms with Gasteiger partial charge in [-0.15, -0.1) is 0 Å². The molecule has 1 unspecified atom stereocenters. The molecule has 0 saturated heterocycles. The molecule has 0 aromatic heterocycles. The molecule has 2 nitrogen and oxygen atoms in total. The van der Waals surface area contributed by atoms with E-state index in [1.165, 1.54) is 12.1 Å². The van der Waals surface area contributed by atoms with Gasteiger partial charge in [-0.25, -0.2) is 0 Å². The second kappa shape index (κ2) is 6.10. The monoisotopic (exact) mass is 280 g/mol. The van der Waals surface area contributed by atoms with Crippen molar-refractivity contribution < 1.29 is 13.2 Å². The summed E-state index contributed by atoms with van der Waals surface area (Å²) in [5, 5.41) is 8.66. The largest absolute Gasteiger partial charge is 0.416 e. The molecule has 0 amide bonds. The predicted molar refractivity (Wildman–Crippen MR) is 69.7 cm³/mol. The first-order chi connectivity index (χ1) is 9.52. The Kier molecular flexibility index (Phi) is 4.46. The van der Waals surface area contributed by atoms with Crippen molar-refractivity contribution in [3.05, 3.63) is 47.5 Å². The Morgan fingerprint density at radius 2 is 2.10 bits per heavy atom. The average Bonchev–Trinajstić information content (AvgIpc) is 2.45. The molecular weight excluding hydrogens is 265 g/mol. The van der Waals surface area contributed by atoms with E-state index in [2.05, 4.69) is 6.07 Å². The minimum atomic E-state index is -4.32. The van der Waals surface area contributed by atoms with E-state index in [0.717, 1.165) is 6.07 Å². The Bertz CT molecular complexity index is 529. The number of hydrogen-bond donors (Lipinski definition) is 0. The zero-order valence-electron chi connectivity index (χ0n) is 10.9. The molecule has 0 bridgehead atoms. The third kappa shape index (κ3) is 3.40. The van der Waals surface area contributed by atoms with Crippen LogP contribution in [0.25, 0.3) is 0 Å². The highest BCUT2D eigenvalue weighted by Gasteiger charge is 2.31. The van der Waals surface area contributed by atoms with Crippen LogP contribution in [-0.2, 0) is 6.18 Å². The van der Waals surface area contributed by atoms with Gasteiger partial charge in [0.2, 0.25) is 0 Å². The predicted octanol–water partition coefficient (Wildman–Crippen LogP) is 3.92. The molecule has 1 atom stereocenters. The fourth-order valence-electron chi connectivity index (χ4n) is 2.42. The first-order valence-corrected chi connectivity index (χ1v) is 6.45. The molecule has 0 aliphatic carbocycles. The lowest BCUT2D eigenvalue weighted by Gasteiger charge is -2.33. The second-order valence-electron chi connectivity index (χ2n) is 4.75. The maximum atomic E-state index is 12.8. The summed E-state index contributed by atoms with van der Waals surface area (Å²) in [4.78, 5) is 2.04. The molecule has 1 aliphatic heterocycles. The van der Waals surface area contributed by atoms with Gasteiger partial charge >= 0.3 is 6.18 Å². The highest BCUT2D eigenvalue weighted by Crippen LogP contribution is 2.34. The van der Waals surface area contributed by atoms with Crippen LogP contribution in [0, 0.1) is 11.3 Å². The molecule has 106 valence electrons. The molecule has 0 N–H and O–H groups in total. The minimum absolute atomic E-state index is 0.0874. The first-order valence-electron chi connectivity index (χ1n) is 6.45. The van der Waals surface area contributed by atoms with Gasteiger partial charge in [-0.2, -0.15) is 18.4 Å². The van der Waals surface area contributed by atoms with E-state index in [-0.39, 0.29) is 6.04 Å². The van der Waals surface area contributed by atoms with E-state index >= 15 is 0 Å². The van der Waals surface area contributed by atoms with Gasteiger partial charge in [0, 0.05) is 25.6 Å². The van der Waals surface area contributed by atoms with E-state index in [9.17, 15) is 13.2 Å². The Labute approximate surface area is 116 Å². The standard InChI is InChI=1S/C15H15F3N2/c16-15(17,18)13-6-3-5-12(11-13)14-7-1-2-9-20(14)10-4-8-19/h1-3,5-6,11,14H,4,7,9-10H2. The maximum absolute atomic E-state index is 12.8. The van der Waals surface area contributed by atoms with E-state index in [1.54, 1.807) is 6.07 Å². The van der Waals surface area contributed by atoms with Gasteiger partial charge in [0.1, 0.15) is 0 Å². The van der Waals surface area contributed by atoms with Gasteiger partial charge in [-0.3, -0.25) is 4.90 Å². The quantitative estimate of drug-likeness (QED) is 0.785. The zero-order chi connectivity index (χ0) is 14.6. The van der Waals surface area contributed by atoms with E-state index in [0.29, 0.717) is 31.5 Å². The van der Waals surface area contributed by atoms with Crippen LogP contribution in [0.3, 0.4) is 0 Å². The fourth-order valence-corrected chi connectivity index (χ4v) is 2.42. The molecule has 1 aromatic rings. The van der Waals surface area contributed by atoms with E-state index in [1.807, 2.05) is 17.1 Å². The smallest absolute Gasteiger partial charge is 0.291 e. The van der Waals surface area contributed by atoms with E-state index < -0.39 is 11.7 Å². The van der Waals surface area contributed by atoms with Gasteiger partial charge in [-0.05, 0) is 24.1 Å². The average molecular weight is 280 g/mol. The summed E-state index contributed by atoms with van der Waals surface area (Å²) in [6.07, 6.45) is 0.698. The number of halogens is 3. The van der Waals surface area contributed by atoms with Gasteiger partial charge in [0.25, 0.3) is 0 Å². The summed E-state index contributed by atoms with van der Waals surface area (Å²) in [5.41, 5.74) is 0.0342. The van der Waals surface area contributed by atoms with Gasteiger partial charge in [-0.1, -0.05) is 24.3 Å². The number of rotatable bonds is 3. The molecule has 5 heteroatoms. The van der Waals surface area contributed by atoms with Gasteiger partial charge in [0.15, 0.2) is 0 Å². The lowest BCUT2D eigenvalue weighted by molar-refractivity contribution is -0.137. The Hall–Kier alpha value is -1.80. The molecular formula is C15H15F3N2. The summed E-state index contributed by atoms with van der Waals surface area (Å²) in [7, 11) is 0. The van der Waals surface area contributed by atoms with Crippen molar-refractivity contribution in [2.24, 2.45) is 0 Å². The molecule has 0 spiro atoms. The SMILES string of the molecule is N#CCCN1CC=CCC1c1cccc(C(F)(F)F)c1. The molecule has 2 rings (SSSR count).